The molecule has 0 spiro atoms. The molecule has 0 bridgehead atoms. The van der Waals surface area contributed by atoms with E-state index in [2.05, 4.69) is 6.92 Å². The van der Waals surface area contributed by atoms with Crippen molar-refractivity contribution in [3.8, 4) is 5.75 Å². The third-order valence-corrected chi connectivity index (χ3v) is 3.69. The first-order valence-corrected chi connectivity index (χ1v) is 6.92. The van der Waals surface area contributed by atoms with Crippen molar-refractivity contribution in [2.75, 3.05) is 25.4 Å². The molecule has 0 unspecified atom stereocenters. The van der Waals surface area contributed by atoms with Crippen LogP contribution in [0.25, 0.3) is 0 Å². The summed E-state index contributed by atoms with van der Waals surface area (Å²) in [6.07, 6.45) is 2.02. The molecule has 1 fully saturated rings. The van der Waals surface area contributed by atoms with E-state index in [4.69, 9.17) is 10.5 Å². The van der Waals surface area contributed by atoms with Gasteiger partial charge in [0, 0.05) is 25.2 Å². The Kier molecular flexibility index (Phi) is 4.62. The summed E-state index contributed by atoms with van der Waals surface area (Å²) in [7, 11) is 0. The number of benzene rings is 1. The van der Waals surface area contributed by atoms with E-state index in [9.17, 15) is 14.9 Å². The largest absolute Gasteiger partial charge is 0.484 e. The zero-order valence-corrected chi connectivity index (χ0v) is 11.9. The molecule has 1 amide bonds. The lowest BCUT2D eigenvalue weighted by Crippen LogP contribution is -2.40. The quantitative estimate of drug-likeness (QED) is 0.518. The van der Waals surface area contributed by atoms with Crippen molar-refractivity contribution in [2.45, 2.75) is 19.8 Å². The molecule has 114 valence electrons. The van der Waals surface area contributed by atoms with Gasteiger partial charge in [0.15, 0.2) is 6.61 Å². The van der Waals surface area contributed by atoms with E-state index in [1.807, 2.05) is 0 Å². The van der Waals surface area contributed by atoms with Gasteiger partial charge >= 0.3 is 0 Å². The molecule has 0 aromatic heterocycles. The number of nitrogens with two attached hydrogens (primary N) is 1. The minimum atomic E-state index is -0.556. The fourth-order valence-corrected chi connectivity index (χ4v) is 2.28. The lowest BCUT2D eigenvalue weighted by Gasteiger charge is -2.30. The number of piperidine rings is 1. The number of nitrogens with zero attached hydrogens (tertiary/aromatic N) is 2. The van der Waals surface area contributed by atoms with Gasteiger partial charge in [-0.15, -0.1) is 0 Å². The van der Waals surface area contributed by atoms with Gasteiger partial charge < -0.3 is 15.4 Å². The van der Waals surface area contributed by atoms with Gasteiger partial charge in [0.2, 0.25) is 0 Å². The minimum absolute atomic E-state index is 0.0248. The lowest BCUT2D eigenvalue weighted by atomic mass is 9.99. The number of carbonyl (C=O) groups is 1. The number of nitrogen functional groups attached to an aromatic ring is 1. The van der Waals surface area contributed by atoms with Gasteiger partial charge in [0.1, 0.15) is 11.4 Å². The van der Waals surface area contributed by atoms with Gasteiger partial charge in [-0.25, -0.2) is 0 Å². The number of hydrogen-bond donors (Lipinski definition) is 1. The van der Waals surface area contributed by atoms with Crippen LogP contribution >= 0.6 is 0 Å². The Balaban J connectivity index is 1.89. The van der Waals surface area contributed by atoms with E-state index < -0.39 is 4.92 Å². The van der Waals surface area contributed by atoms with Crippen LogP contribution in [0.5, 0.6) is 5.75 Å². The molecule has 0 saturated carbocycles. The average molecular weight is 293 g/mol. The first-order chi connectivity index (χ1) is 9.97. The van der Waals surface area contributed by atoms with Gasteiger partial charge in [-0.1, -0.05) is 6.92 Å². The first-order valence-electron chi connectivity index (χ1n) is 6.92. The molecule has 7 heteroatoms. The predicted molar refractivity (Wildman–Crippen MR) is 78.0 cm³/mol. The number of ether oxygens (including phenoxy) is 1. The van der Waals surface area contributed by atoms with Gasteiger partial charge in [0.05, 0.1) is 4.92 Å². The SMILES string of the molecule is CC1CCN(C(=O)COc2ccc([N+](=O)[O-])c(N)c2)CC1. The zero-order valence-electron chi connectivity index (χ0n) is 11.9. The predicted octanol–water partition coefficient (Wildman–Crippen LogP) is 1.81. The molecule has 21 heavy (non-hydrogen) atoms. The number of rotatable bonds is 4. The summed E-state index contributed by atoms with van der Waals surface area (Å²) in [5.41, 5.74) is 5.43. The number of hydrogen-bond acceptors (Lipinski definition) is 5. The molecule has 7 nitrogen and oxygen atoms in total. The maximum Gasteiger partial charge on any atom is 0.292 e. The average Bonchev–Trinajstić information content (AvgIpc) is 2.45. The molecule has 1 saturated heterocycles. The molecule has 0 aliphatic carbocycles. The fraction of sp³-hybridized carbons (Fsp3) is 0.500. The summed E-state index contributed by atoms with van der Waals surface area (Å²) in [6, 6.07) is 4.08. The Morgan fingerprint density at radius 1 is 1.48 bits per heavy atom. The van der Waals surface area contributed by atoms with E-state index in [1.54, 1.807) is 4.90 Å². The second-order valence-electron chi connectivity index (χ2n) is 5.33. The highest BCUT2D eigenvalue weighted by molar-refractivity contribution is 5.78. The molecule has 1 aromatic carbocycles. The highest BCUT2D eigenvalue weighted by atomic mass is 16.6. The van der Waals surface area contributed by atoms with Crippen molar-refractivity contribution < 1.29 is 14.5 Å². The summed E-state index contributed by atoms with van der Waals surface area (Å²) in [4.78, 5) is 23.9. The van der Waals surface area contributed by atoms with E-state index in [0.717, 1.165) is 25.9 Å². The number of carbonyl (C=O) groups excluding carboxylic acids is 1. The number of amides is 1. The summed E-state index contributed by atoms with van der Waals surface area (Å²) in [5, 5.41) is 10.7. The van der Waals surface area contributed by atoms with Crippen molar-refractivity contribution >= 4 is 17.3 Å². The number of nitro groups is 1. The Morgan fingerprint density at radius 3 is 2.71 bits per heavy atom. The van der Waals surface area contributed by atoms with Crippen LogP contribution in [0, 0.1) is 16.0 Å². The molecule has 0 radical (unpaired) electrons. The molecule has 1 aliphatic rings. The number of anilines is 1. The third kappa shape index (κ3) is 3.84. The fourth-order valence-electron chi connectivity index (χ4n) is 2.28. The van der Waals surface area contributed by atoms with Crippen molar-refractivity contribution in [2.24, 2.45) is 5.92 Å². The van der Waals surface area contributed by atoms with Crippen LogP contribution in [0.3, 0.4) is 0 Å². The van der Waals surface area contributed by atoms with E-state index in [0.29, 0.717) is 11.7 Å². The van der Waals surface area contributed by atoms with Crippen molar-refractivity contribution in [1.82, 2.24) is 4.90 Å². The van der Waals surface area contributed by atoms with E-state index in [-0.39, 0.29) is 23.9 Å². The van der Waals surface area contributed by atoms with Gasteiger partial charge in [-0.3, -0.25) is 14.9 Å². The maximum atomic E-state index is 12.0. The van der Waals surface area contributed by atoms with Crippen LogP contribution in [-0.4, -0.2) is 35.4 Å². The van der Waals surface area contributed by atoms with Crippen LogP contribution in [-0.2, 0) is 4.79 Å². The molecule has 2 N–H and O–H groups in total. The molecule has 1 heterocycles. The number of nitro benzene ring substituents is 1. The molecule has 1 aliphatic heterocycles. The first kappa shape index (κ1) is 15.1. The smallest absolute Gasteiger partial charge is 0.292 e. The van der Waals surface area contributed by atoms with E-state index in [1.165, 1.54) is 18.2 Å². The van der Waals surface area contributed by atoms with Crippen LogP contribution in [0.15, 0.2) is 18.2 Å². The molecular weight excluding hydrogens is 274 g/mol. The lowest BCUT2D eigenvalue weighted by molar-refractivity contribution is -0.383. The summed E-state index contributed by atoms with van der Waals surface area (Å²) < 4.78 is 5.37. The molecule has 0 atom stereocenters. The molecular formula is C14H19N3O4. The maximum absolute atomic E-state index is 12.0. The topological polar surface area (TPSA) is 98.7 Å². The van der Waals surface area contributed by atoms with Crippen LogP contribution in [0.4, 0.5) is 11.4 Å². The summed E-state index contributed by atoms with van der Waals surface area (Å²) in [6.45, 7) is 3.61. The van der Waals surface area contributed by atoms with Crippen LogP contribution in [0.2, 0.25) is 0 Å². The Labute approximate surface area is 122 Å². The highest BCUT2D eigenvalue weighted by Crippen LogP contribution is 2.26. The van der Waals surface area contributed by atoms with Crippen molar-refractivity contribution in [3.05, 3.63) is 28.3 Å². The van der Waals surface area contributed by atoms with Gasteiger partial charge in [0.25, 0.3) is 11.6 Å². The van der Waals surface area contributed by atoms with Crippen molar-refractivity contribution in [1.29, 1.82) is 0 Å². The van der Waals surface area contributed by atoms with Crippen LogP contribution in [0.1, 0.15) is 19.8 Å². The summed E-state index contributed by atoms with van der Waals surface area (Å²) in [5.74, 6) is 0.945. The van der Waals surface area contributed by atoms with Crippen molar-refractivity contribution in [3.63, 3.8) is 0 Å². The Hall–Kier alpha value is -2.31. The summed E-state index contributed by atoms with van der Waals surface area (Å²) >= 11 is 0. The standard InChI is InChI=1S/C14H19N3O4/c1-10-4-6-16(7-5-10)14(18)9-21-11-2-3-13(17(19)20)12(15)8-11/h2-3,8,10H,4-7,9,15H2,1H3. The van der Waals surface area contributed by atoms with Gasteiger partial charge in [-0.05, 0) is 24.8 Å². The second-order valence-corrected chi connectivity index (χ2v) is 5.33. The van der Waals surface area contributed by atoms with Crippen LogP contribution < -0.4 is 10.5 Å². The zero-order chi connectivity index (χ0) is 15.4. The third-order valence-electron chi connectivity index (χ3n) is 3.69. The highest BCUT2D eigenvalue weighted by Gasteiger charge is 2.20. The molecule has 1 aromatic rings. The monoisotopic (exact) mass is 293 g/mol. The normalized spacial score (nSPS) is 15.8. The number of likely N-dealkylation sites (tertiary alicyclic amines) is 1. The Morgan fingerprint density at radius 2 is 2.14 bits per heavy atom. The van der Waals surface area contributed by atoms with Gasteiger partial charge in [-0.2, -0.15) is 0 Å². The second kappa shape index (κ2) is 6.43. The van der Waals surface area contributed by atoms with E-state index >= 15 is 0 Å². The Bertz CT molecular complexity index is 539. The minimum Gasteiger partial charge on any atom is -0.484 e. The molecule has 2 rings (SSSR count).